The highest BCUT2D eigenvalue weighted by Gasteiger charge is 2.28. The van der Waals surface area contributed by atoms with E-state index in [1.54, 1.807) is 11.4 Å². The fourth-order valence-corrected chi connectivity index (χ4v) is 5.14. The number of carbonyl (C=O) groups is 1. The van der Waals surface area contributed by atoms with Crippen LogP contribution in [0.2, 0.25) is 0 Å². The van der Waals surface area contributed by atoms with Crippen LogP contribution in [0.15, 0.2) is 56.9 Å². The Bertz CT molecular complexity index is 1540. The number of hydrogen-bond donors (Lipinski definition) is 1. The molecular weight excluding hydrogens is 481 g/mol. The van der Waals surface area contributed by atoms with Crippen molar-refractivity contribution in [2.24, 2.45) is 0 Å². The molecule has 4 aromatic rings. The fourth-order valence-electron chi connectivity index (χ4n) is 4.50. The molecule has 35 heavy (non-hydrogen) atoms. The van der Waals surface area contributed by atoms with Crippen molar-refractivity contribution in [3.8, 4) is 5.69 Å². The van der Waals surface area contributed by atoms with Gasteiger partial charge >= 0.3 is 5.69 Å². The van der Waals surface area contributed by atoms with Gasteiger partial charge in [0.15, 0.2) is 17.3 Å². The SMILES string of the molecule is O=C(N[C@H]1CC[C@@H](n2c(=O)c3cc(F)cnc3n(-c3ccc(F)c(F)c3)c2=O)CC1)c1ccsc1. The minimum atomic E-state index is -1.18. The average Bonchev–Trinajstić information content (AvgIpc) is 3.38. The van der Waals surface area contributed by atoms with Gasteiger partial charge in [-0.2, -0.15) is 11.3 Å². The van der Waals surface area contributed by atoms with Gasteiger partial charge in [-0.25, -0.2) is 27.5 Å². The third-order valence-corrected chi connectivity index (χ3v) is 6.92. The molecular formula is C24H19F3N4O3S. The molecule has 7 nitrogen and oxygen atoms in total. The van der Waals surface area contributed by atoms with Crippen molar-refractivity contribution in [3.63, 3.8) is 0 Å². The molecule has 11 heteroatoms. The summed E-state index contributed by atoms with van der Waals surface area (Å²) in [5.74, 6) is -3.22. The van der Waals surface area contributed by atoms with Crippen LogP contribution in [0.25, 0.3) is 16.7 Å². The molecule has 5 rings (SSSR count). The second-order valence-corrected chi connectivity index (χ2v) is 9.19. The molecule has 1 aliphatic carbocycles. The van der Waals surface area contributed by atoms with E-state index in [9.17, 15) is 27.6 Å². The van der Waals surface area contributed by atoms with E-state index in [1.807, 2.05) is 5.38 Å². The largest absolute Gasteiger partial charge is 0.349 e. The number of fused-ring (bicyclic) bond motifs is 1. The monoisotopic (exact) mass is 500 g/mol. The van der Waals surface area contributed by atoms with E-state index in [4.69, 9.17) is 0 Å². The van der Waals surface area contributed by atoms with Crippen LogP contribution in [-0.4, -0.2) is 26.1 Å². The van der Waals surface area contributed by atoms with Crippen molar-refractivity contribution in [2.45, 2.75) is 37.8 Å². The fraction of sp³-hybridized carbons (Fsp3) is 0.250. The van der Waals surface area contributed by atoms with E-state index >= 15 is 0 Å². The molecule has 1 saturated carbocycles. The van der Waals surface area contributed by atoms with Gasteiger partial charge in [0.1, 0.15) is 5.82 Å². The van der Waals surface area contributed by atoms with E-state index in [2.05, 4.69) is 10.3 Å². The van der Waals surface area contributed by atoms with Gasteiger partial charge in [0.05, 0.1) is 17.3 Å². The maximum atomic E-state index is 14.0. The Morgan fingerprint density at radius 2 is 1.80 bits per heavy atom. The number of thiophene rings is 1. The van der Waals surface area contributed by atoms with Gasteiger partial charge in [0.25, 0.3) is 11.5 Å². The Morgan fingerprint density at radius 3 is 2.49 bits per heavy atom. The minimum Gasteiger partial charge on any atom is -0.349 e. The molecule has 1 N–H and O–H groups in total. The molecule has 3 aromatic heterocycles. The third-order valence-electron chi connectivity index (χ3n) is 6.23. The molecule has 3 heterocycles. The predicted octanol–water partition coefficient (Wildman–Crippen LogP) is 3.94. The van der Waals surface area contributed by atoms with Gasteiger partial charge in [-0.3, -0.25) is 14.2 Å². The number of benzene rings is 1. The molecule has 1 fully saturated rings. The molecule has 0 spiro atoms. The van der Waals surface area contributed by atoms with Crippen LogP contribution in [0, 0.1) is 17.5 Å². The summed E-state index contributed by atoms with van der Waals surface area (Å²) < 4.78 is 43.5. The zero-order chi connectivity index (χ0) is 24.7. The first-order valence-electron chi connectivity index (χ1n) is 10.9. The topological polar surface area (TPSA) is 86.0 Å². The van der Waals surface area contributed by atoms with Gasteiger partial charge < -0.3 is 5.32 Å². The molecule has 0 saturated heterocycles. The Labute approximate surface area is 200 Å². The van der Waals surface area contributed by atoms with Crippen LogP contribution in [0.5, 0.6) is 0 Å². The normalized spacial score (nSPS) is 18.0. The smallest absolute Gasteiger partial charge is 0.337 e. The maximum Gasteiger partial charge on any atom is 0.337 e. The molecule has 0 unspecified atom stereocenters. The van der Waals surface area contributed by atoms with Gasteiger partial charge in [-0.05, 0) is 55.3 Å². The van der Waals surface area contributed by atoms with E-state index < -0.39 is 34.7 Å². The summed E-state index contributed by atoms with van der Waals surface area (Å²) in [7, 11) is 0. The van der Waals surface area contributed by atoms with E-state index in [0.717, 1.165) is 33.5 Å². The molecule has 1 aliphatic rings. The number of halogens is 3. The van der Waals surface area contributed by atoms with Gasteiger partial charge in [-0.15, -0.1) is 0 Å². The highest BCUT2D eigenvalue weighted by molar-refractivity contribution is 7.08. The second kappa shape index (κ2) is 9.14. The standard InChI is InChI=1S/C24H19F3N4O3S/c25-14-9-18-21(28-11-14)30(17-5-6-19(26)20(27)10-17)24(34)31(23(18)33)16-3-1-15(2-4-16)29-22(32)13-7-8-35-12-13/h5-12,15-16H,1-4H2,(H,29,32)/t15-,16+. The lowest BCUT2D eigenvalue weighted by Crippen LogP contribution is -2.45. The van der Waals surface area contributed by atoms with Crippen LogP contribution in [0.3, 0.4) is 0 Å². The van der Waals surface area contributed by atoms with Gasteiger partial charge in [0.2, 0.25) is 0 Å². The maximum absolute atomic E-state index is 14.0. The first-order chi connectivity index (χ1) is 16.8. The van der Waals surface area contributed by atoms with Crippen molar-refractivity contribution in [2.75, 3.05) is 0 Å². The summed E-state index contributed by atoms with van der Waals surface area (Å²) >= 11 is 1.42. The predicted molar refractivity (Wildman–Crippen MR) is 125 cm³/mol. The highest BCUT2D eigenvalue weighted by atomic mass is 32.1. The van der Waals surface area contributed by atoms with Crippen molar-refractivity contribution in [3.05, 3.63) is 91.1 Å². The molecule has 0 atom stereocenters. The lowest BCUT2D eigenvalue weighted by Gasteiger charge is -2.30. The Hall–Kier alpha value is -3.73. The van der Waals surface area contributed by atoms with E-state index in [1.165, 1.54) is 17.4 Å². The van der Waals surface area contributed by atoms with Crippen molar-refractivity contribution in [1.82, 2.24) is 19.4 Å². The Morgan fingerprint density at radius 1 is 1.03 bits per heavy atom. The van der Waals surface area contributed by atoms with Crippen LogP contribution >= 0.6 is 11.3 Å². The lowest BCUT2D eigenvalue weighted by atomic mass is 9.90. The first kappa shape index (κ1) is 23.0. The number of aromatic nitrogens is 3. The summed E-state index contributed by atoms with van der Waals surface area (Å²) in [4.78, 5) is 43.0. The zero-order valence-electron chi connectivity index (χ0n) is 18.2. The third kappa shape index (κ3) is 4.27. The number of rotatable bonds is 4. The van der Waals surface area contributed by atoms with Crippen LogP contribution in [0.4, 0.5) is 13.2 Å². The molecule has 0 radical (unpaired) electrons. The second-order valence-electron chi connectivity index (χ2n) is 8.41. The Kier molecular flexibility index (Phi) is 6.01. The highest BCUT2D eigenvalue weighted by Crippen LogP contribution is 2.28. The van der Waals surface area contributed by atoms with Crippen LogP contribution in [-0.2, 0) is 0 Å². The lowest BCUT2D eigenvalue weighted by molar-refractivity contribution is 0.0922. The number of pyridine rings is 1. The first-order valence-corrected chi connectivity index (χ1v) is 11.9. The molecule has 1 amide bonds. The number of amides is 1. The van der Waals surface area contributed by atoms with Gasteiger partial charge in [0, 0.05) is 29.1 Å². The summed E-state index contributed by atoms with van der Waals surface area (Å²) in [6, 6.07) is 4.94. The van der Waals surface area contributed by atoms with Crippen molar-refractivity contribution < 1.29 is 18.0 Å². The van der Waals surface area contributed by atoms with Crippen molar-refractivity contribution >= 4 is 28.3 Å². The average molecular weight is 501 g/mol. The molecule has 0 aliphatic heterocycles. The van der Waals surface area contributed by atoms with E-state index in [-0.39, 0.29) is 28.7 Å². The van der Waals surface area contributed by atoms with Crippen molar-refractivity contribution in [1.29, 1.82) is 0 Å². The van der Waals surface area contributed by atoms with Crippen LogP contribution in [0.1, 0.15) is 42.1 Å². The summed E-state index contributed by atoms with van der Waals surface area (Å²) in [5.41, 5.74) is -1.10. The number of nitrogens with one attached hydrogen (secondary N) is 1. The number of nitrogens with zero attached hydrogens (tertiary/aromatic N) is 3. The summed E-state index contributed by atoms with van der Waals surface area (Å²) in [6.07, 6.45) is 2.73. The minimum absolute atomic E-state index is 0.0385. The summed E-state index contributed by atoms with van der Waals surface area (Å²) in [6.45, 7) is 0. The quantitative estimate of drug-likeness (QED) is 0.460. The van der Waals surface area contributed by atoms with Crippen LogP contribution < -0.4 is 16.6 Å². The zero-order valence-corrected chi connectivity index (χ0v) is 19.0. The molecule has 180 valence electrons. The molecule has 1 aromatic carbocycles. The van der Waals surface area contributed by atoms with Gasteiger partial charge in [-0.1, -0.05) is 0 Å². The van der Waals surface area contributed by atoms with E-state index in [0.29, 0.717) is 31.2 Å². The number of carbonyl (C=O) groups excluding carboxylic acids is 1. The Balaban J connectivity index is 1.52. The molecule has 0 bridgehead atoms. The summed E-state index contributed by atoms with van der Waals surface area (Å²) in [5, 5.41) is 6.38. The number of hydrogen-bond acceptors (Lipinski definition) is 5.